The molecular weight excluding hydrogens is 272 g/mol. The van der Waals surface area contributed by atoms with Crippen molar-refractivity contribution in [2.75, 3.05) is 24.2 Å². The zero-order chi connectivity index (χ0) is 15.3. The Bertz CT molecular complexity index is 569. The Morgan fingerprint density at radius 1 is 1.29 bits per heavy atom. The Balaban J connectivity index is 2.18. The lowest BCUT2D eigenvalue weighted by atomic mass is 10.0. The largest absolute Gasteiger partial charge is 0.388 e. The maximum absolute atomic E-state index is 10.2. The number of hydrogen-bond acceptors (Lipinski definition) is 8. The van der Waals surface area contributed by atoms with Gasteiger partial charge in [0.1, 0.15) is 12.7 Å². The first-order chi connectivity index (χ1) is 10.0. The normalized spacial score (nSPS) is 13.7. The van der Waals surface area contributed by atoms with Crippen LogP contribution in [0.4, 0.5) is 11.9 Å². The molecule has 9 heteroatoms. The van der Waals surface area contributed by atoms with Crippen LogP contribution in [-0.4, -0.2) is 54.0 Å². The molecule has 21 heavy (non-hydrogen) atoms. The summed E-state index contributed by atoms with van der Waals surface area (Å²) in [7, 11) is 1.72. The van der Waals surface area contributed by atoms with Crippen molar-refractivity contribution in [1.29, 1.82) is 0 Å². The van der Waals surface area contributed by atoms with Gasteiger partial charge in [-0.1, -0.05) is 13.3 Å². The van der Waals surface area contributed by atoms with Crippen LogP contribution in [0.2, 0.25) is 0 Å². The third-order valence-electron chi connectivity index (χ3n) is 2.89. The Morgan fingerprint density at radius 3 is 2.67 bits per heavy atom. The second-order valence-corrected chi connectivity index (χ2v) is 4.97. The fraction of sp³-hybridized carbons (Fsp3) is 0.583. The quantitative estimate of drug-likeness (QED) is 0.674. The molecule has 0 aromatic carbocycles. The molecule has 0 spiro atoms. The zero-order valence-electron chi connectivity index (χ0n) is 12.4. The number of hydrogen-bond donors (Lipinski definition) is 3. The summed E-state index contributed by atoms with van der Waals surface area (Å²) < 4.78 is 1.44. The summed E-state index contributed by atoms with van der Waals surface area (Å²) in [5.41, 5.74) is -0.811. The summed E-state index contributed by atoms with van der Waals surface area (Å²) >= 11 is 0. The highest BCUT2D eigenvalue weighted by atomic mass is 16.3. The summed E-state index contributed by atoms with van der Waals surface area (Å²) in [6.07, 6.45) is 4.51. The molecule has 0 fully saturated rings. The van der Waals surface area contributed by atoms with E-state index in [1.165, 1.54) is 17.3 Å². The average molecular weight is 292 g/mol. The van der Waals surface area contributed by atoms with E-state index in [-0.39, 0.29) is 0 Å². The molecule has 0 amide bonds. The Labute approximate surface area is 122 Å². The molecule has 2 rings (SSSR count). The standard InChI is InChI=1S/C12H20N8O/c1-4-5-12(2,21)6-15-10-17-9(13-3)18-11(19-10)20-8-14-7-16-20/h7-8,21H,4-6H2,1-3H3,(H2,13,15,17,18,19). The number of nitrogens with one attached hydrogen (secondary N) is 2. The molecule has 0 aliphatic rings. The minimum Gasteiger partial charge on any atom is -0.388 e. The molecule has 0 saturated carbocycles. The van der Waals surface area contributed by atoms with Gasteiger partial charge < -0.3 is 15.7 Å². The molecule has 0 bridgehead atoms. The molecule has 9 nitrogen and oxygen atoms in total. The fourth-order valence-corrected chi connectivity index (χ4v) is 1.87. The summed E-state index contributed by atoms with van der Waals surface area (Å²) in [4.78, 5) is 16.5. The van der Waals surface area contributed by atoms with Crippen molar-refractivity contribution in [1.82, 2.24) is 29.7 Å². The first-order valence-corrected chi connectivity index (χ1v) is 6.79. The highest BCUT2D eigenvalue weighted by Gasteiger charge is 2.19. The smallest absolute Gasteiger partial charge is 0.258 e. The lowest BCUT2D eigenvalue weighted by Gasteiger charge is -2.22. The topological polar surface area (TPSA) is 114 Å². The number of anilines is 2. The van der Waals surface area contributed by atoms with E-state index >= 15 is 0 Å². The summed E-state index contributed by atoms with van der Waals surface area (Å²) in [5, 5.41) is 20.1. The van der Waals surface area contributed by atoms with Crippen molar-refractivity contribution >= 4 is 11.9 Å². The SMILES string of the molecule is CCCC(C)(O)CNc1nc(NC)nc(-n2cncn2)n1. The van der Waals surface area contributed by atoms with E-state index in [0.717, 1.165) is 6.42 Å². The maximum atomic E-state index is 10.2. The van der Waals surface area contributed by atoms with E-state index in [1.807, 2.05) is 6.92 Å². The third-order valence-corrected chi connectivity index (χ3v) is 2.89. The minimum atomic E-state index is -0.811. The molecule has 3 N–H and O–H groups in total. The molecule has 2 heterocycles. The van der Waals surface area contributed by atoms with Gasteiger partial charge in [0, 0.05) is 13.6 Å². The fourth-order valence-electron chi connectivity index (χ4n) is 1.87. The number of aliphatic hydroxyl groups is 1. The van der Waals surface area contributed by atoms with Crippen molar-refractivity contribution in [3.8, 4) is 5.95 Å². The maximum Gasteiger partial charge on any atom is 0.258 e. The van der Waals surface area contributed by atoms with Crippen LogP contribution < -0.4 is 10.6 Å². The van der Waals surface area contributed by atoms with Crippen LogP contribution in [0.1, 0.15) is 26.7 Å². The second-order valence-electron chi connectivity index (χ2n) is 4.97. The van der Waals surface area contributed by atoms with E-state index in [9.17, 15) is 5.11 Å². The van der Waals surface area contributed by atoms with Crippen LogP contribution in [0.25, 0.3) is 5.95 Å². The number of rotatable bonds is 7. The van der Waals surface area contributed by atoms with Crippen LogP contribution in [-0.2, 0) is 0 Å². The first-order valence-electron chi connectivity index (χ1n) is 6.79. The predicted octanol–water partition coefficient (Wildman–Crippen LogP) is 0.457. The molecular formula is C12H20N8O. The van der Waals surface area contributed by atoms with Crippen LogP contribution in [0.15, 0.2) is 12.7 Å². The van der Waals surface area contributed by atoms with Gasteiger partial charge in [-0.15, -0.1) is 0 Å². The van der Waals surface area contributed by atoms with Crippen LogP contribution in [0, 0.1) is 0 Å². The van der Waals surface area contributed by atoms with Gasteiger partial charge in [-0.25, -0.2) is 4.98 Å². The first kappa shape index (κ1) is 15.1. The van der Waals surface area contributed by atoms with Crippen LogP contribution >= 0.6 is 0 Å². The van der Waals surface area contributed by atoms with Gasteiger partial charge in [0.2, 0.25) is 11.9 Å². The minimum absolute atomic E-state index is 0.351. The summed E-state index contributed by atoms with van der Waals surface area (Å²) in [6, 6.07) is 0. The lowest BCUT2D eigenvalue weighted by Crippen LogP contribution is -2.33. The van der Waals surface area contributed by atoms with Crippen LogP contribution in [0.5, 0.6) is 0 Å². The number of nitrogens with zero attached hydrogens (tertiary/aromatic N) is 6. The molecule has 114 valence electrons. The molecule has 0 aliphatic heterocycles. The molecule has 1 unspecified atom stereocenters. The summed E-state index contributed by atoms with van der Waals surface area (Å²) in [6.45, 7) is 4.16. The Kier molecular flexibility index (Phi) is 4.63. The highest BCUT2D eigenvalue weighted by molar-refractivity contribution is 5.37. The van der Waals surface area contributed by atoms with E-state index in [2.05, 4.69) is 35.7 Å². The van der Waals surface area contributed by atoms with E-state index in [4.69, 9.17) is 0 Å². The molecule has 2 aromatic rings. The van der Waals surface area contributed by atoms with E-state index in [1.54, 1.807) is 14.0 Å². The Morgan fingerprint density at radius 2 is 2.05 bits per heavy atom. The second kappa shape index (κ2) is 6.44. The van der Waals surface area contributed by atoms with E-state index in [0.29, 0.717) is 30.8 Å². The van der Waals surface area contributed by atoms with Crippen molar-refractivity contribution in [2.45, 2.75) is 32.3 Å². The molecule has 0 saturated heterocycles. The zero-order valence-corrected chi connectivity index (χ0v) is 12.4. The van der Waals surface area contributed by atoms with Gasteiger partial charge in [-0.2, -0.15) is 24.7 Å². The van der Waals surface area contributed by atoms with E-state index < -0.39 is 5.60 Å². The molecule has 0 aliphatic carbocycles. The predicted molar refractivity (Wildman–Crippen MR) is 78.3 cm³/mol. The van der Waals surface area contributed by atoms with Gasteiger partial charge in [0.05, 0.1) is 5.60 Å². The highest BCUT2D eigenvalue weighted by Crippen LogP contribution is 2.13. The van der Waals surface area contributed by atoms with Crippen molar-refractivity contribution < 1.29 is 5.11 Å². The van der Waals surface area contributed by atoms with Crippen molar-refractivity contribution in [3.63, 3.8) is 0 Å². The van der Waals surface area contributed by atoms with Gasteiger partial charge >= 0.3 is 0 Å². The van der Waals surface area contributed by atoms with Crippen molar-refractivity contribution in [2.24, 2.45) is 0 Å². The van der Waals surface area contributed by atoms with Gasteiger partial charge in [-0.05, 0) is 13.3 Å². The van der Waals surface area contributed by atoms with Crippen LogP contribution in [0.3, 0.4) is 0 Å². The van der Waals surface area contributed by atoms with Gasteiger partial charge in [0.25, 0.3) is 5.95 Å². The average Bonchev–Trinajstić information content (AvgIpc) is 2.99. The number of aromatic nitrogens is 6. The monoisotopic (exact) mass is 292 g/mol. The lowest BCUT2D eigenvalue weighted by molar-refractivity contribution is 0.0635. The molecule has 1 atom stereocenters. The summed E-state index contributed by atoms with van der Waals surface area (Å²) in [5.74, 6) is 1.13. The Hall–Kier alpha value is -2.29. The van der Waals surface area contributed by atoms with Gasteiger partial charge in [0.15, 0.2) is 0 Å². The molecule has 2 aromatic heterocycles. The van der Waals surface area contributed by atoms with Gasteiger partial charge in [-0.3, -0.25) is 0 Å². The van der Waals surface area contributed by atoms with Crippen molar-refractivity contribution in [3.05, 3.63) is 12.7 Å². The molecule has 0 radical (unpaired) electrons. The third kappa shape index (κ3) is 4.09.